The number of para-hydroxylation sites is 1. The standard InChI is InChI=1S/C22H25F5NO5P/c1-5-9-13(4)31-22(29)20(12(2)3)28-34(30,32-14-10-7-6-8-11-14)33-21-18(26)16(24)15(23)17(25)19(21)27/h6-8,10-13,20H,5,9H2,1-4H3,(H,28,30)/t13-,20-,34?/m0/s1. The number of hydrogen-bond acceptors (Lipinski definition) is 5. The molecule has 2 rings (SSSR count). The second-order valence-corrected chi connectivity index (χ2v) is 9.40. The molecule has 34 heavy (non-hydrogen) atoms. The molecule has 0 saturated carbocycles. The van der Waals surface area contributed by atoms with Crippen molar-refractivity contribution in [2.75, 3.05) is 0 Å². The van der Waals surface area contributed by atoms with Crippen LogP contribution in [0, 0.1) is 35.0 Å². The van der Waals surface area contributed by atoms with E-state index in [0.29, 0.717) is 12.8 Å². The number of rotatable bonds is 11. The highest BCUT2D eigenvalue weighted by molar-refractivity contribution is 7.52. The average Bonchev–Trinajstić information content (AvgIpc) is 2.78. The van der Waals surface area contributed by atoms with Gasteiger partial charge in [-0.25, -0.2) is 17.7 Å². The van der Waals surface area contributed by atoms with E-state index in [-0.39, 0.29) is 5.75 Å². The fraction of sp³-hybridized carbons (Fsp3) is 0.409. The van der Waals surface area contributed by atoms with Crippen LogP contribution in [0.25, 0.3) is 0 Å². The first-order valence-electron chi connectivity index (χ1n) is 10.4. The van der Waals surface area contributed by atoms with Crippen LogP contribution in [-0.2, 0) is 14.1 Å². The van der Waals surface area contributed by atoms with E-state index in [0.717, 1.165) is 0 Å². The van der Waals surface area contributed by atoms with Gasteiger partial charge in [0, 0.05) is 0 Å². The van der Waals surface area contributed by atoms with Gasteiger partial charge in [0.1, 0.15) is 11.8 Å². The molecule has 0 fully saturated rings. The van der Waals surface area contributed by atoms with Gasteiger partial charge in [0.15, 0.2) is 0 Å². The molecular formula is C22H25F5NO5P. The highest BCUT2D eigenvalue weighted by Gasteiger charge is 2.40. The molecule has 1 unspecified atom stereocenters. The first kappa shape index (κ1) is 27.6. The maximum Gasteiger partial charge on any atom is 0.513 e. The van der Waals surface area contributed by atoms with Gasteiger partial charge in [-0.1, -0.05) is 45.4 Å². The van der Waals surface area contributed by atoms with Gasteiger partial charge in [0.25, 0.3) is 0 Å². The molecule has 12 heteroatoms. The Morgan fingerprint density at radius 1 is 0.912 bits per heavy atom. The molecule has 0 aromatic heterocycles. The summed E-state index contributed by atoms with van der Waals surface area (Å²) in [5, 5.41) is 2.25. The number of halogens is 5. The smallest absolute Gasteiger partial charge is 0.461 e. The SMILES string of the molecule is CCC[C@H](C)OC(=O)[C@@H](NP(=O)(Oc1ccccc1)Oc1c(F)c(F)c(F)c(F)c1F)C(C)C. The predicted octanol–water partition coefficient (Wildman–Crippen LogP) is 6.29. The van der Waals surface area contributed by atoms with Crippen LogP contribution in [0.3, 0.4) is 0 Å². The molecule has 0 saturated heterocycles. The van der Waals surface area contributed by atoms with Crippen molar-refractivity contribution >= 4 is 13.7 Å². The summed E-state index contributed by atoms with van der Waals surface area (Å²) in [5.74, 6) is -15.1. The highest BCUT2D eigenvalue weighted by atomic mass is 31.2. The van der Waals surface area contributed by atoms with Crippen LogP contribution in [0.15, 0.2) is 30.3 Å². The minimum Gasteiger partial charge on any atom is -0.461 e. The normalized spacial score (nSPS) is 14.9. The van der Waals surface area contributed by atoms with E-state index in [1.54, 1.807) is 26.8 Å². The topological polar surface area (TPSA) is 73.9 Å². The summed E-state index contributed by atoms with van der Waals surface area (Å²) in [7, 11) is -4.98. The van der Waals surface area contributed by atoms with Crippen molar-refractivity contribution in [3.8, 4) is 11.5 Å². The van der Waals surface area contributed by atoms with Crippen molar-refractivity contribution in [3.05, 3.63) is 59.4 Å². The molecule has 0 amide bonds. The minimum atomic E-state index is -4.98. The Morgan fingerprint density at radius 3 is 1.94 bits per heavy atom. The van der Waals surface area contributed by atoms with E-state index in [4.69, 9.17) is 13.8 Å². The van der Waals surface area contributed by atoms with Crippen LogP contribution < -0.4 is 14.1 Å². The van der Waals surface area contributed by atoms with Crippen LogP contribution >= 0.6 is 7.75 Å². The number of carbonyl (C=O) groups is 1. The average molecular weight is 509 g/mol. The monoisotopic (exact) mass is 509 g/mol. The predicted molar refractivity (Wildman–Crippen MR) is 114 cm³/mol. The molecule has 0 spiro atoms. The van der Waals surface area contributed by atoms with Crippen LogP contribution in [0.5, 0.6) is 11.5 Å². The number of esters is 1. The van der Waals surface area contributed by atoms with Gasteiger partial charge in [-0.2, -0.15) is 13.9 Å². The molecule has 0 bridgehead atoms. The Bertz CT molecular complexity index is 1020. The fourth-order valence-electron chi connectivity index (χ4n) is 2.86. The van der Waals surface area contributed by atoms with E-state index >= 15 is 0 Å². The summed E-state index contributed by atoms with van der Waals surface area (Å²) in [4.78, 5) is 12.7. The number of benzene rings is 2. The quantitative estimate of drug-likeness (QED) is 0.126. The zero-order valence-electron chi connectivity index (χ0n) is 18.9. The third-order valence-corrected chi connectivity index (χ3v) is 6.05. The third-order valence-electron chi connectivity index (χ3n) is 4.58. The van der Waals surface area contributed by atoms with Gasteiger partial charge >= 0.3 is 13.7 Å². The van der Waals surface area contributed by atoms with Crippen molar-refractivity contribution < 1.29 is 45.1 Å². The number of carbonyl (C=O) groups excluding carboxylic acids is 1. The summed E-state index contributed by atoms with van der Waals surface area (Å²) >= 11 is 0. The number of hydrogen-bond donors (Lipinski definition) is 1. The Labute approximate surface area is 194 Å². The Hall–Kier alpha value is -2.65. The Morgan fingerprint density at radius 2 is 1.44 bits per heavy atom. The molecule has 0 aliphatic rings. The Balaban J connectivity index is 2.49. The van der Waals surface area contributed by atoms with Gasteiger partial charge in [-0.05, 0) is 31.4 Å². The van der Waals surface area contributed by atoms with E-state index in [1.165, 1.54) is 24.3 Å². The summed E-state index contributed by atoms with van der Waals surface area (Å²) in [6.45, 7) is 6.62. The van der Waals surface area contributed by atoms with Gasteiger partial charge in [-0.3, -0.25) is 4.79 Å². The molecular weight excluding hydrogens is 484 g/mol. The van der Waals surface area contributed by atoms with Crippen molar-refractivity contribution in [3.63, 3.8) is 0 Å². The van der Waals surface area contributed by atoms with E-state index in [9.17, 15) is 31.3 Å². The van der Waals surface area contributed by atoms with Gasteiger partial charge in [-0.15, -0.1) is 0 Å². The first-order chi connectivity index (χ1) is 15.9. The molecule has 6 nitrogen and oxygen atoms in total. The second-order valence-electron chi connectivity index (χ2n) is 7.78. The lowest BCUT2D eigenvalue weighted by Crippen LogP contribution is -2.43. The third kappa shape index (κ3) is 6.70. The van der Waals surface area contributed by atoms with Gasteiger partial charge < -0.3 is 13.8 Å². The van der Waals surface area contributed by atoms with Crippen LogP contribution in [0.4, 0.5) is 22.0 Å². The molecule has 2 aromatic rings. The van der Waals surface area contributed by atoms with E-state index in [1.807, 2.05) is 6.92 Å². The Kier molecular flexibility index (Phi) is 9.46. The van der Waals surface area contributed by atoms with Gasteiger partial charge in [0.05, 0.1) is 6.10 Å². The highest BCUT2D eigenvalue weighted by Crippen LogP contribution is 2.48. The van der Waals surface area contributed by atoms with Crippen molar-refractivity contribution in [2.24, 2.45) is 5.92 Å². The lowest BCUT2D eigenvalue weighted by Gasteiger charge is -2.27. The summed E-state index contributed by atoms with van der Waals surface area (Å²) in [5.41, 5.74) is 0. The maximum absolute atomic E-state index is 14.2. The number of nitrogens with one attached hydrogen (secondary N) is 1. The molecule has 0 aliphatic heterocycles. The van der Waals surface area contributed by atoms with E-state index < -0.39 is 66.6 Å². The van der Waals surface area contributed by atoms with Crippen molar-refractivity contribution in [1.82, 2.24) is 5.09 Å². The lowest BCUT2D eigenvalue weighted by molar-refractivity contribution is -0.151. The summed E-state index contributed by atoms with van der Waals surface area (Å²) < 4.78 is 98.2. The van der Waals surface area contributed by atoms with Crippen molar-refractivity contribution in [2.45, 2.75) is 52.7 Å². The zero-order valence-corrected chi connectivity index (χ0v) is 19.8. The minimum absolute atomic E-state index is 0.127. The van der Waals surface area contributed by atoms with Crippen molar-refractivity contribution in [1.29, 1.82) is 0 Å². The first-order valence-corrected chi connectivity index (χ1v) is 12.0. The van der Waals surface area contributed by atoms with Crippen LogP contribution in [-0.4, -0.2) is 18.1 Å². The lowest BCUT2D eigenvalue weighted by atomic mass is 10.1. The van der Waals surface area contributed by atoms with Crippen LogP contribution in [0.2, 0.25) is 0 Å². The maximum atomic E-state index is 14.2. The molecule has 0 aliphatic carbocycles. The fourth-order valence-corrected chi connectivity index (χ4v) is 4.54. The molecule has 2 aromatic carbocycles. The van der Waals surface area contributed by atoms with Gasteiger partial charge in [0.2, 0.25) is 34.8 Å². The van der Waals surface area contributed by atoms with E-state index in [2.05, 4.69) is 5.09 Å². The molecule has 0 heterocycles. The molecule has 188 valence electrons. The van der Waals surface area contributed by atoms with Crippen LogP contribution in [0.1, 0.15) is 40.5 Å². The second kappa shape index (κ2) is 11.7. The summed E-state index contributed by atoms with van der Waals surface area (Å²) in [6, 6.07) is 5.76. The number of ether oxygens (including phenoxy) is 1. The molecule has 3 atom stereocenters. The zero-order chi connectivity index (χ0) is 25.6. The largest absolute Gasteiger partial charge is 0.513 e. The summed E-state index contributed by atoms with van der Waals surface area (Å²) in [6.07, 6.45) is 0.759. The molecule has 0 radical (unpaired) electrons. The molecule has 1 N–H and O–H groups in total.